The van der Waals surface area contributed by atoms with Gasteiger partial charge >= 0.3 is 5.97 Å². The van der Waals surface area contributed by atoms with E-state index < -0.39 is 18.0 Å². The summed E-state index contributed by atoms with van der Waals surface area (Å²) in [5, 5.41) is 0. The van der Waals surface area contributed by atoms with Gasteiger partial charge in [0.2, 0.25) is 6.10 Å². The maximum Gasteiger partial charge on any atom is 0.339 e. The molecule has 5 nitrogen and oxygen atoms in total. The third kappa shape index (κ3) is 3.66. The number of fused-ring (bicyclic) bond motifs is 1. The smallest absolute Gasteiger partial charge is 0.339 e. The van der Waals surface area contributed by atoms with E-state index in [1.807, 2.05) is 12.1 Å². The number of benzene rings is 2. The summed E-state index contributed by atoms with van der Waals surface area (Å²) >= 11 is 3.33. The maximum atomic E-state index is 12.4. The van der Waals surface area contributed by atoms with Crippen LogP contribution in [0.3, 0.4) is 0 Å². The Morgan fingerprint density at radius 3 is 2.75 bits per heavy atom. The number of primary amides is 1. The summed E-state index contributed by atoms with van der Waals surface area (Å²) in [7, 11) is 0. The van der Waals surface area contributed by atoms with Crippen LogP contribution < -0.4 is 5.73 Å². The molecule has 3 rings (SSSR count). The van der Waals surface area contributed by atoms with Crippen molar-refractivity contribution in [1.82, 2.24) is 0 Å². The van der Waals surface area contributed by atoms with Crippen molar-refractivity contribution in [3.63, 3.8) is 0 Å². The van der Waals surface area contributed by atoms with Gasteiger partial charge in [-0.2, -0.15) is 0 Å². The second-order valence-electron chi connectivity index (χ2n) is 5.53. The topological polar surface area (TPSA) is 78.6 Å². The van der Waals surface area contributed by atoms with Crippen LogP contribution in [0.1, 0.15) is 33.2 Å². The van der Waals surface area contributed by atoms with Crippen LogP contribution in [0.2, 0.25) is 0 Å². The van der Waals surface area contributed by atoms with Crippen LogP contribution in [0.5, 0.6) is 0 Å². The molecule has 1 aliphatic heterocycles. The van der Waals surface area contributed by atoms with Crippen LogP contribution in [-0.4, -0.2) is 18.5 Å². The molecule has 1 amide bonds. The number of hydrogen-bond acceptors (Lipinski definition) is 4. The Morgan fingerprint density at radius 2 is 2.00 bits per heavy atom. The van der Waals surface area contributed by atoms with Crippen molar-refractivity contribution in [1.29, 1.82) is 0 Å². The Kier molecular flexibility index (Phi) is 4.97. The van der Waals surface area contributed by atoms with Crippen molar-refractivity contribution in [2.24, 2.45) is 5.73 Å². The van der Waals surface area contributed by atoms with E-state index in [1.54, 1.807) is 30.3 Å². The number of halogens is 1. The number of carbonyl (C=O) groups is 2. The molecule has 0 radical (unpaired) electrons. The summed E-state index contributed by atoms with van der Waals surface area (Å²) in [5.74, 6) is -1.29. The monoisotopic (exact) mass is 389 g/mol. The first-order valence-electron chi connectivity index (χ1n) is 7.50. The van der Waals surface area contributed by atoms with Crippen molar-refractivity contribution in [2.75, 3.05) is 6.61 Å². The van der Waals surface area contributed by atoms with Crippen molar-refractivity contribution < 1.29 is 19.1 Å². The van der Waals surface area contributed by atoms with Crippen molar-refractivity contribution >= 4 is 27.8 Å². The van der Waals surface area contributed by atoms with Gasteiger partial charge in [-0.15, -0.1) is 0 Å². The lowest BCUT2D eigenvalue weighted by atomic mass is 10.0. The second-order valence-corrected chi connectivity index (χ2v) is 6.44. The highest BCUT2D eigenvalue weighted by atomic mass is 79.9. The van der Waals surface area contributed by atoms with Gasteiger partial charge in [-0.25, -0.2) is 4.79 Å². The molecule has 1 heterocycles. The summed E-state index contributed by atoms with van der Waals surface area (Å²) in [5.41, 5.74) is 8.46. The van der Waals surface area contributed by atoms with Gasteiger partial charge in [0.25, 0.3) is 5.91 Å². The molecular formula is C18H16BrNO4. The van der Waals surface area contributed by atoms with Crippen molar-refractivity contribution in [2.45, 2.75) is 19.1 Å². The molecule has 1 unspecified atom stereocenters. The Bertz CT molecular complexity index is 790. The lowest BCUT2D eigenvalue weighted by molar-refractivity contribution is -0.127. The molecule has 0 aromatic heterocycles. The standard InChI is InChI=1S/C18H16BrNO4/c19-15-3-1-2-12(9-15)16(17(20)21)24-18(22)13-4-5-14-10-23-7-6-11(14)8-13/h1-5,8-9,16H,6-7,10H2,(H2,20,21). The highest BCUT2D eigenvalue weighted by Crippen LogP contribution is 2.24. The first-order chi connectivity index (χ1) is 11.5. The zero-order valence-electron chi connectivity index (χ0n) is 12.8. The first-order valence-corrected chi connectivity index (χ1v) is 8.29. The average molecular weight is 390 g/mol. The van der Waals surface area contributed by atoms with Crippen LogP contribution in [0.15, 0.2) is 46.9 Å². The van der Waals surface area contributed by atoms with Gasteiger partial charge < -0.3 is 15.2 Å². The molecule has 0 fully saturated rings. The highest BCUT2D eigenvalue weighted by Gasteiger charge is 2.24. The molecule has 2 N–H and O–H groups in total. The van der Waals surface area contributed by atoms with E-state index in [-0.39, 0.29) is 0 Å². The van der Waals surface area contributed by atoms with Gasteiger partial charge in [-0.05, 0) is 41.8 Å². The molecule has 1 aliphatic rings. The van der Waals surface area contributed by atoms with Crippen LogP contribution in [0.4, 0.5) is 0 Å². The van der Waals surface area contributed by atoms with Gasteiger partial charge in [0.05, 0.1) is 18.8 Å². The molecule has 2 aromatic rings. The SMILES string of the molecule is NC(=O)C(OC(=O)c1ccc2c(c1)CCOC2)c1cccc(Br)c1. The summed E-state index contributed by atoms with van der Waals surface area (Å²) < 4.78 is 11.5. The number of esters is 1. The van der Waals surface area contributed by atoms with Gasteiger partial charge in [0, 0.05) is 10.0 Å². The van der Waals surface area contributed by atoms with Crippen molar-refractivity contribution in [3.05, 3.63) is 69.2 Å². The van der Waals surface area contributed by atoms with E-state index in [9.17, 15) is 9.59 Å². The average Bonchev–Trinajstić information content (AvgIpc) is 2.58. The minimum Gasteiger partial charge on any atom is -0.444 e. The Labute approximate surface area is 147 Å². The predicted octanol–water partition coefficient (Wildman–Crippen LogP) is 2.91. The number of hydrogen-bond donors (Lipinski definition) is 1. The van der Waals surface area contributed by atoms with Crippen LogP contribution in [0.25, 0.3) is 0 Å². The molecule has 124 valence electrons. The molecule has 6 heteroatoms. The molecule has 2 aromatic carbocycles. The molecular weight excluding hydrogens is 374 g/mol. The molecule has 24 heavy (non-hydrogen) atoms. The number of amides is 1. The molecule has 0 bridgehead atoms. The van der Waals surface area contributed by atoms with Gasteiger partial charge in [-0.1, -0.05) is 34.1 Å². The molecule has 0 saturated heterocycles. The molecule has 1 atom stereocenters. The highest BCUT2D eigenvalue weighted by molar-refractivity contribution is 9.10. The quantitative estimate of drug-likeness (QED) is 0.815. The van der Waals surface area contributed by atoms with E-state index in [0.717, 1.165) is 22.0 Å². The second kappa shape index (κ2) is 7.15. The summed E-state index contributed by atoms with van der Waals surface area (Å²) in [6.07, 6.45) is -0.379. The Morgan fingerprint density at radius 1 is 1.17 bits per heavy atom. The fourth-order valence-corrected chi connectivity index (χ4v) is 3.04. The minimum absolute atomic E-state index is 0.400. The fraction of sp³-hybridized carbons (Fsp3) is 0.222. The van der Waals surface area contributed by atoms with Crippen LogP contribution in [0, 0.1) is 0 Å². The van der Waals surface area contributed by atoms with Gasteiger partial charge in [0.15, 0.2) is 0 Å². The van der Waals surface area contributed by atoms with E-state index in [1.165, 1.54) is 0 Å². The molecule has 0 spiro atoms. The van der Waals surface area contributed by atoms with Crippen LogP contribution in [-0.2, 0) is 27.3 Å². The zero-order chi connectivity index (χ0) is 17.1. The van der Waals surface area contributed by atoms with Crippen LogP contribution >= 0.6 is 15.9 Å². The number of ether oxygens (including phenoxy) is 2. The maximum absolute atomic E-state index is 12.4. The Balaban J connectivity index is 1.82. The minimum atomic E-state index is -1.13. The normalized spacial score (nSPS) is 14.5. The molecule has 0 aliphatic carbocycles. The molecule has 0 saturated carbocycles. The largest absolute Gasteiger partial charge is 0.444 e. The number of rotatable bonds is 4. The number of nitrogens with two attached hydrogens (primary N) is 1. The fourth-order valence-electron chi connectivity index (χ4n) is 2.63. The third-order valence-electron chi connectivity index (χ3n) is 3.85. The van der Waals surface area contributed by atoms with E-state index >= 15 is 0 Å². The van der Waals surface area contributed by atoms with Gasteiger partial charge in [-0.3, -0.25) is 4.79 Å². The Hall–Kier alpha value is -2.18. The van der Waals surface area contributed by atoms with Gasteiger partial charge in [0.1, 0.15) is 0 Å². The van der Waals surface area contributed by atoms with E-state index in [0.29, 0.717) is 24.3 Å². The third-order valence-corrected chi connectivity index (χ3v) is 4.34. The summed E-state index contributed by atoms with van der Waals surface area (Å²) in [6.45, 7) is 1.18. The van der Waals surface area contributed by atoms with E-state index in [2.05, 4.69) is 15.9 Å². The zero-order valence-corrected chi connectivity index (χ0v) is 14.4. The first kappa shape index (κ1) is 16.7. The predicted molar refractivity (Wildman–Crippen MR) is 91.3 cm³/mol. The number of carbonyl (C=O) groups excluding carboxylic acids is 2. The van der Waals surface area contributed by atoms with E-state index in [4.69, 9.17) is 15.2 Å². The van der Waals surface area contributed by atoms with Crippen molar-refractivity contribution in [3.8, 4) is 0 Å². The lowest BCUT2D eigenvalue weighted by Gasteiger charge is -2.18. The summed E-state index contributed by atoms with van der Waals surface area (Å²) in [4.78, 5) is 24.2. The summed E-state index contributed by atoms with van der Waals surface area (Å²) in [6, 6.07) is 12.3. The lowest BCUT2D eigenvalue weighted by Crippen LogP contribution is -2.26.